The summed E-state index contributed by atoms with van der Waals surface area (Å²) in [5, 5.41) is 3.81. The second-order valence-electron chi connectivity index (χ2n) is 7.50. The van der Waals surface area contributed by atoms with Crippen molar-refractivity contribution in [3.05, 3.63) is 78.1 Å². The number of unbranched alkanes of at least 4 members (excludes halogenated alkanes) is 1. The Morgan fingerprint density at radius 1 is 0.929 bits per heavy atom. The van der Waals surface area contributed by atoms with Gasteiger partial charge in [0.25, 0.3) is 0 Å². The van der Waals surface area contributed by atoms with Crippen molar-refractivity contribution in [1.29, 1.82) is 0 Å². The molecule has 3 heteroatoms. The van der Waals surface area contributed by atoms with E-state index in [1.54, 1.807) is 0 Å². The summed E-state index contributed by atoms with van der Waals surface area (Å²) in [4.78, 5) is 4.77. The molecule has 3 aromatic rings. The molecular weight excluding hydrogens is 342 g/mol. The molecule has 0 aliphatic rings. The van der Waals surface area contributed by atoms with Crippen LogP contribution in [-0.2, 0) is 19.5 Å². The predicted octanol–water partition coefficient (Wildman–Crippen LogP) is 5.85. The van der Waals surface area contributed by atoms with Crippen molar-refractivity contribution in [2.24, 2.45) is 0 Å². The van der Waals surface area contributed by atoms with Crippen LogP contribution in [0.15, 0.2) is 66.9 Å². The molecule has 0 bridgehead atoms. The maximum absolute atomic E-state index is 4.77. The van der Waals surface area contributed by atoms with Crippen LogP contribution in [0, 0.1) is 0 Å². The lowest BCUT2D eigenvalue weighted by atomic mass is 10.0. The summed E-state index contributed by atoms with van der Waals surface area (Å²) < 4.78 is 2.40. The highest BCUT2D eigenvalue weighted by Gasteiger charge is 2.14. The first-order valence-electron chi connectivity index (χ1n) is 10.7. The van der Waals surface area contributed by atoms with Gasteiger partial charge in [0.2, 0.25) is 0 Å². The van der Waals surface area contributed by atoms with Gasteiger partial charge >= 0.3 is 0 Å². The zero-order valence-corrected chi connectivity index (χ0v) is 17.3. The second kappa shape index (κ2) is 10.8. The molecule has 0 amide bonds. The van der Waals surface area contributed by atoms with Gasteiger partial charge in [-0.3, -0.25) is 0 Å². The fourth-order valence-corrected chi connectivity index (χ4v) is 3.71. The molecule has 0 radical (unpaired) electrons. The quantitative estimate of drug-likeness (QED) is 0.455. The van der Waals surface area contributed by atoms with Gasteiger partial charge in [-0.1, -0.05) is 87.4 Å². The number of aromatic nitrogens is 2. The number of rotatable bonds is 11. The number of nitrogens with one attached hydrogen (secondary N) is 1. The molecule has 0 aliphatic heterocycles. The molecule has 1 aromatic heterocycles. The minimum atomic E-state index is 0.488. The highest BCUT2D eigenvalue weighted by atomic mass is 15.1. The topological polar surface area (TPSA) is 29.9 Å². The molecule has 0 saturated heterocycles. The van der Waals surface area contributed by atoms with Crippen LogP contribution in [0.5, 0.6) is 0 Å². The molecular formula is C25H33N3. The van der Waals surface area contributed by atoms with Gasteiger partial charge in [0.1, 0.15) is 5.82 Å². The lowest BCUT2D eigenvalue weighted by Gasteiger charge is -2.19. The molecule has 1 atom stereocenters. The van der Waals surface area contributed by atoms with Crippen LogP contribution in [0.2, 0.25) is 0 Å². The third-order valence-corrected chi connectivity index (χ3v) is 5.24. The molecule has 28 heavy (non-hydrogen) atoms. The first-order valence-corrected chi connectivity index (χ1v) is 10.7. The maximum atomic E-state index is 4.77. The Morgan fingerprint density at radius 3 is 2.32 bits per heavy atom. The molecule has 2 aromatic carbocycles. The van der Waals surface area contributed by atoms with Gasteiger partial charge in [-0.2, -0.15) is 0 Å². The molecule has 0 spiro atoms. The number of nitrogens with zero attached hydrogens (tertiary/aromatic N) is 2. The standard InChI is InChI=1S/C25H33N3/c1-3-5-17-28-24(20-27-25(28)22-15-10-7-11-16-22)19-26-23(12-4-2)18-21-13-8-6-9-14-21/h6-11,13-16,20,23,26H,3-5,12,17-19H2,1-2H3. The Bertz CT molecular complexity index is 808. The lowest BCUT2D eigenvalue weighted by Crippen LogP contribution is -2.31. The largest absolute Gasteiger partial charge is 0.327 e. The van der Waals surface area contributed by atoms with E-state index in [4.69, 9.17) is 4.98 Å². The van der Waals surface area contributed by atoms with Gasteiger partial charge in [-0.25, -0.2) is 4.98 Å². The average molecular weight is 376 g/mol. The van der Waals surface area contributed by atoms with Crippen molar-refractivity contribution >= 4 is 0 Å². The van der Waals surface area contributed by atoms with Crippen LogP contribution in [0.4, 0.5) is 0 Å². The Balaban J connectivity index is 1.73. The number of hydrogen-bond acceptors (Lipinski definition) is 2. The number of hydrogen-bond donors (Lipinski definition) is 1. The van der Waals surface area contributed by atoms with E-state index in [9.17, 15) is 0 Å². The lowest BCUT2D eigenvalue weighted by molar-refractivity contribution is 0.460. The van der Waals surface area contributed by atoms with Crippen molar-refractivity contribution in [2.75, 3.05) is 0 Å². The number of benzene rings is 2. The normalized spacial score (nSPS) is 12.2. The fourth-order valence-electron chi connectivity index (χ4n) is 3.71. The van der Waals surface area contributed by atoms with E-state index in [-0.39, 0.29) is 0 Å². The summed E-state index contributed by atoms with van der Waals surface area (Å²) in [6.45, 7) is 6.39. The third kappa shape index (κ3) is 5.56. The van der Waals surface area contributed by atoms with E-state index >= 15 is 0 Å². The van der Waals surface area contributed by atoms with Gasteiger partial charge in [0.15, 0.2) is 0 Å². The van der Waals surface area contributed by atoms with Crippen molar-refractivity contribution in [3.8, 4) is 11.4 Å². The highest BCUT2D eigenvalue weighted by molar-refractivity contribution is 5.55. The molecule has 0 saturated carbocycles. The Morgan fingerprint density at radius 2 is 1.64 bits per heavy atom. The zero-order valence-electron chi connectivity index (χ0n) is 17.3. The Labute approximate surface area is 169 Å². The zero-order chi connectivity index (χ0) is 19.6. The monoisotopic (exact) mass is 375 g/mol. The smallest absolute Gasteiger partial charge is 0.140 e. The minimum Gasteiger partial charge on any atom is -0.327 e. The molecule has 3 rings (SSSR count). The summed E-state index contributed by atoms with van der Waals surface area (Å²) in [5.74, 6) is 1.08. The van der Waals surface area contributed by atoms with Crippen LogP contribution in [-0.4, -0.2) is 15.6 Å². The fraction of sp³-hybridized carbons (Fsp3) is 0.400. The van der Waals surface area contributed by atoms with Crippen molar-refractivity contribution in [3.63, 3.8) is 0 Å². The van der Waals surface area contributed by atoms with Gasteiger partial charge in [-0.05, 0) is 24.8 Å². The molecule has 3 nitrogen and oxygen atoms in total. The molecule has 1 heterocycles. The summed E-state index contributed by atoms with van der Waals surface area (Å²) in [6.07, 6.45) is 7.86. The molecule has 1 unspecified atom stereocenters. The molecule has 148 valence electrons. The van der Waals surface area contributed by atoms with Crippen molar-refractivity contribution in [2.45, 2.75) is 65.1 Å². The van der Waals surface area contributed by atoms with Crippen LogP contribution in [0.25, 0.3) is 11.4 Å². The van der Waals surface area contributed by atoms with Crippen molar-refractivity contribution in [1.82, 2.24) is 14.9 Å². The molecule has 1 N–H and O–H groups in total. The summed E-state index contributed by atoms with van der Waals surface area (Å²) in [7, 11) is 0. The van der Waals surface area contributed by atoms with E-state index in [1.165, 1.54) is 42.5 Å². The minimum absolute atomic E-state index is 0.488. The first kappa shape index (κ1) is 20.3. The first-order chi connectivity index (χ1) is 13.8. The van der Waals surface area contributed by atoms with Gasteiger partial charge in [0.05, 0.1) is 11.9 Å². The number of imidazole rings is 1. The van der Waals surface area contributed by atoms with Gasteiger partial charge < -0.3 is 9.88 Å². The van der Waals surface area contributed by atoms with Crippen LogP contribution < -0.4 is 5.32 Å². The van der Waals surface area contributed by atoms with E-state index < -0.39 is 0 Å². The SMILES string of the molecule is CCCCn1c(CNC(CCC)Cc2ccccc2)cnc1-c1ccccc1. The second-order valence-corrected chi connectivity index (χ2v) is 7.50. The maximum Gasteiger partial charge on any atom is 0.140 e. The van der Waals surface area contributed by atoms with E-state index in [0.717, 1.165) is 25.3 Å². The summed E-state index contributed by atoms with van der Waals surface area (Å²) >= 11 is 0. The predicted molar refractivity (Wildman–Crippen MR) is 118 cm³/mol. The van der Waals surface area contributed by atoms with Crippen molar-refractivity contribution < 1.29 is 0 Å². The van der Waals surface area contributed by atoms with Gasteiger partial charge in [-0.15, -0.1) is 0 Å². The van der Waals surface area contributed by atoms with Gasteiger partial charge in [0, 0.05) is 24.7 Å². The van der Waals surface area contributed by atoms with E-state index in [0.29, 0.717) is 6.04 Å². The van der Waals surface area contributed by atoms with Crippen LogP contribution in [0.1, 0.15) is 50.8 Å². The molecule has 0 aliphatic carbocycles. The van der Waals surface area contributed by atoms with Crippen LogP contribution in [0.3, 0.4) is 0 Å². The summed E-state index contributed by atoms with van der Waals surface area (Å²) in [5.41, 5.74) is 3.87. The van der Waals surface area contributed by atoms with E-state index in [2.05, 4.69) is 90.6 Å². The third-order valence-electron chi connectivity index (χ3n) is 5.24. The highest BCUT2D eigenvalue weighted by Crippen LogP contribution is 2.21. The Kier molecular flexibility index (Phi) is 7.86. The van der Waals surface area contributed by atoms with E-state index in [1.807, 2.05) is 0 Å². The van der Waals surface area contributed by atoms with Crippen LogP contribution >= 0.6 is 0 Å². The summed E-state index contributed by atoms with van der Waals surface area (Å²) in [6, 6.07) is 21.8. The average Bonchev–Trinajstić information content (AvgIpc) is 3.14. The Hall–Kier alpha value is -2.39. The molecule has 0 fully saturated rings.